The molecule has 0 heterocycles. The number of para-hydroxylation sites is 1. The average molecular weight is 423 g/mol. The molecular weight excluding hydrogens is 402 g/mol. The molecule has 0 aliphatic heterocycles. The first-order valence-corrected chi connectivity index (χ1v) is 10.5. The van der Waals surface area contributed by atoms with Gasteiger partial charge in [0.1, 0.15) is 0 Å². The molecule has 2 amide bonds. The van der Waals surface area contributed by atoms with Crippen molar-refractivity contribution in [2.24, 2.45) is 0 Å². The number of benzene rings is 3. The van der Waals surface area contributed by atoms with Crippen LogP contribution >= 0.6 is 0 Å². The first-order chi connectivity index (χ1) is 14.3. The number of hydrogen-bond acceptors (Lipinski definition) is 4. The molecule has 0 unspecified atom stereocenters. The maximum Gasteiger partial charge on any atom is 0.264 e. The average Bonchev–Trinajstić information content (AvgIpc) is 2.73. The van der Waals surface area contributed by atoms with Gasteiger partial charge in [0.05, 0.1) is 10.6 Å². The Hall–Kier alpha value is -3.65. The van der Waals surface area contributed by atoms with Gasteiger partial charge in [-0.3, -0.25) is 13.9 Å². The van der Waals surface area contributed by atoms with Gasteiger partial charge in [-0.05, 0) is 54.6 Å². The van der Waals surface area contributed by atoms with Crippen molar-refractivity contribution >= 4 is 38.9 Å². The third-order valence-electron chi connectivity index (χ3n) is 4.34. The van der Waals surface area contributed by atoms with Crippen molar-refractivity contribution in [3.05, 3.63) is 84.4 Å². The maximum atomic E-state index is 12.8. The minimum atomic E-state index is -3.75. The number of rotatable bonds is 6. The summed E-state index contributed by atoms with van der Waals surface area (Å²) in [6.45, 7) is 1.40. The summed E-state index contributed by atoms with van der Waals surface area (Å²) in [5, 5.41) is 5.37. The summed E-state index contributed by atoms with van der Waals surface area (Å²) >= 11 is 0. The summed E-state index contributed by atoms with van der Waals surface area (Å²) in [6.07, 6.45) is 0. The number of nitrogens with zero attached hydrogens (tertiary/aromatic N) is 1. The fourth-order valence-electron chi connectivity index (χ4n) is 2.79. The van der Waals surface area contributed by atoms with Crippen LogP contribution in [0.2, 0.25) is 0 Å². The largest absolute Gasteiger partial charge is 0.326 e. The van der Waals surface area contributed by atoms with Crippen molar-refractivity contribution in [3.8, 4) is 0 Å². The minimum absolute atomic E-state index is 0.0815. The van der Waals surface area contributed by atoms with Gasteiger partial charge in [-0.25, -0.2) is 8.42 Å². The number of anilines is 3. The molecule has 8 heteroatoms. The van der Waals surface area contributed by atoms with E-state index in [1.54, 1.807) is 48.5 Å². The zero-order chi connectivity index (χ0) is 21.7. The lowest BCUT2D eigenvalue weighted by Crippen LogP contribution is -2.26. The smallest absolute Gasteiger partial charge is 0.264 e. The van der Waals surface area contributed by atoms with Gasteiger partial charge >= 0.3 is 0 Å². The predicted molar refractivity (Wildman–Crippen MR) is 117 cm³/mol. The fourth-order valence-corrected chi connectivity index (χ4v) is 3.99. The topological polar surface area (TPSA) is 95.6 Å². The highest BCUT2D eigenvalue weighted by atomic mass is 32.2. The zero-order valence-corrected chi connectivity index (χ0v) is 17.3. The molecule has 0 bridgehead atoms. The number of carbonyl (C=O) groups is 2. The van der Waals surface area contributed by atoms with E-state index in [1.807, 2.05) is 6.07 Å². The number of nitrogens with one attached hydrogen (secondary N) is 2. The Morgan fingerprint density at radius 3 is 2.00 bits per heavy atom. The molecule has 0 saturated carbocycles. The summed E-state index contributed by atoms with van der Waals surface area (Å²) in [7, 11) is -2.27. The van der Waals surface area contributed by atoms with Crippen LogP contribution in [0.15, 0.2) is 83.8 Å². The van der Waals surface area contributed by atoms with Gasteiger partial charge in [0.25, 0.3) is 15.9 Å². The minimum Gasteiger partial charge on any atom is -0.326 e. The Labute approximate surface area is 175 Å². The van der Waals surface area contributed by atoms with Crippen molar-refractivity contribution in [1.82, 2.24) is 0 Å². The maximum absolute atomic E-state index is 12.8. The molecule has 0 aromatic heterocycles. The van der Waals surface area contributed by atoms with Crippen LogP contribution in [0, 0.1) is 0 Å². The van der Waals surface area contributed by atoms with Crippen molar-refractivity contribution in [3.63, 3.8) is 0 Å². The van der Waals surface area contributed by atoms with Crippen molar-refractivity contribution in [1.29, 1.82) is 0 Å². The number of hydrogen-bond donors (Lipinski definition) is 2. The number of carbonyl (C=O) groups excluding carboxylic acids is 2. The molecule has 3 aromatic carbocycles. The normalized spacial score (nSPS) is 10.9. The molecule has 0 radical (unpaired) electrons. The molecule has 3 aromatic rings. The van der Waals surface area contributed by atoms with Gasteiger partial charge < -0.3 is 10.6 Å². The molecule has 0 aliphatic rings. The Bertz CT molecular complexity index is 1160. The van der Waals surface area contributed by atoms with Crippen LogP contribution in [-0.2, 0) is 14.8 Å². The summed E-state index contributed by atoms with van der Waals surface area (Å²) in [5.74, 6) is -0.605. The van der Waals surface area contributed by atoms with Crippen LogP contribution in [0.3, 0.4) is 0 Å². The number of amides is 2. The summed E-state index contributed by atoms with van der Waals surface area (Å²) in [4.78, 5) is 23.8. The summed E-state index contributed by atoms with van der Waals surface area (Å²) in [6, 6.07) is 21.2. The third kappa shape index (κ3) is 4.84. The Morgan fingerprint density at radius 1 is 0.800 bits per heavy atom. The lowest BCUT2D eigenvalue weighted by Gasteiger charge is -2.19. The first kappa shape index (κ1) is 21.1. The highest BCUT2D eigenvalue weighted by Gasteiger charge is 2.21. The van der Waals surface area contributed by atoms with Gasteiger partial charge in [0.2, 0.25) is 5.91 Å². The van der Waals surface area contributed by atoms with Crippen molar-refractivity contribution < 1.29 is 18.0 Å². The highest BCUT2D eigenvalue weighted by Crippen LogP contribution is 2.22. The van der Waals surface area contributed by atoms with E-state index < -0.39 is 15.9 Å². The van der Waals surface area contributed by atoms with Crippen molar-refractivity contribution in [2.45, 2.75) is 11.8 Å². The van der Waals surface area contributed by atoms with Crippen LogP contribution in [0.1, 0.15) is 17.3 Å². The van der Waals surface area contributed by atoms with Gasteiger partial charge in [0.15, 0.2) is 0 Å². The Kier molecular flexibility index (Phi) is 6.17. The molecule has 0 saturated heterocycles. The second-order valence-electron chi connectivity index (χ2n) is 6.55. The van der Waals surface area contributed by atoms with E-state index in [0.717, 1.165) is 0 Å². The van der Waals surface area contributed by atoms with E-state index in [-0.39, 0.29) is 10.8 Å². The molecule has 0 atom stereocenters. The van der Waals surface area contributed by atoms with Crippen LogP contribution < -0.4 is 14.9 Å². The lowest BCUT2D eigenvalue weighted by atomic mass is 10.2. The number of sulfonamides is 1. The zero-order valence-electron chi connectivity index (χ0n) is 16.5. The SMILES string of the molecule is CC(=O)Nc1cccc(NC(=O)c2ccc(S(=O)(=O)N(C)c3ccccc3)cc2)c1. The van der Waals surface area contributed by atoms with Gasteiger partial charge in [-0.15, -0.1) is 0 Å². The Balaban J connectivity index is 1.75. The van der Waals surface area contributed by atoms with E-state index in [9.17, 15) is 18.0 Å². The van der Waals surface area contributed by atoms with Crippen LogP contribution in [0.5, 0.6) is 0 Å². The standard InChI is InChI=1S/C22H21N3O4S/c1-16(26)23-18-7-6-8-19(15-18)24-22(27)17-11-13-21(14-12-17)30(28,29)25(2)20-9-4-3-5-10-20/h3-15H,1-2H3,(H,23,26)(H,24,27). The monoisotopic (exact) mass is 423 g/mol. The van der Waals surface area contributed by atoms with E-state index in [4.69, 9.17) is 0 Å². The summed E-state index contributed by atoms with van der Waals surface area (Å²) in [5.41, 5.74) is 1.91. The second kappa shape index (κ2) is 8.79. The van der Waals surface area contributed by atoms with Crippen LogP contribution in [0.4, 0.5) is 17.1 Å². The fraction of sp³-hybridized carbons (Fsp3) is 0.0909. The predicted octanol–water partition coefficient (Wildman–Crippen LogP) is 3.72. The third-order valence-corrected chi connectivity index (χ3v) is 6.14. The second-order valence-corrected chi connectivity index (χ2v) is 8.52. The van der Waals surface area contributed by atoms with E-state index in [2.05, 4.69) is 10.6 Å². The van der Waals surface area contributed by atoms with Crippen LogP contribution in [-0.4, -0.2) is 27.3 Å². The lowest BCUT2D eigenvalue weighted by molar-refractivity contribution is -0.114. The first-order valence-electron chi connectivity index (χ1n) is 9.10. The van der Waals surface area contributed by atoms with Gasteiger partial charge in [-0.1, -0.05) is 24.3 Å². The molecular formula is C22H21N3O4S. The molecule has 0 fully saturated rings. The quantitative estimate of drug-likeness (QED) is 0.632. The molecule has 2 N–H and O–H groups in total. The van der Waals surface area contributed by atoms with Gasteiger partial charge in [-0.2, -0.15) is 0 Å². The van der Waals surface area contributed by atoms with Crippen molar-refractivity contribution in [2.75, 3.05) is 22.0 Å². The molecule has 0 aliphatic carbocycles. The molecule has 0 spiro atoms. The molecule has 30 heavy (non-hydrogen) atoms. The molecule has 3 rings (SSSR count). The Morgan fingerprint density at radius 2 is 1.40 bits per heavy atom. The highest BCUT2D eigenvalue weighted by molar-refractivity contribution is 7.92. The van der Waals surface area contributed by atoms with Crippen LogP contribution in [0.25, 0.3) is 0 Å². The molecule has 154 valence electrons. The van der Waals surface area contributed by atoms with E-state index >= 15 is 0 Å². The van der Waals surface area contributed by atoms with E-state index in [1.165, 1.54) is 42.5 Å². The summed E-state index contributed by atoms with van der Waals surface area (Å²) < 4.78 is 26.8. The molecule has 7 nitrogen and oxygen atoms in total. The van der Waals surface area contributed by atoms with E-state index in [0.29, 0.717) is 22.6 Å². The van der Waals surface area contributed by atoms with Gasteiger partial charge in [0, 0.05) is 30.9 Å².